The molecule has 0 aliphatic heterocycles. The zero-order valence-corrected chi connectivity index (χ0v) is 24.0. The highest BCUT2D eigenvalue weighted by Gasteiger charge is 2.31. The van der Waals surface area contributed by atoms with Crippen molar-refractivity contribution in [2.75, 3.05) is 0 Å². The van der Waals surface area contributed by atoms with Crippen LogP contribution in [-0.4, -0.2) is 36.2 Å². The van der Waals surface area contributed by atoms with Crippen molar-refractivity contribution in [3.05, 3.63) is 132 Å². The summed E-state index contributed by atoms with van der Waals surface area (Å²) in [6, 6.07) is 28.4. The second-order valence-corrected chi connectivity index (χ2v) is 12.2. The number of pyridine rings is 1. The fourth-order valence-corrected chi connectivity index (χ4v) is 6.02. The Labute approximate surface area is 246 Å². The van der Waals surface area contributed by atoms with Gasteiger partial charge in [0.1, 0.15) is 6.04 Å². The van der Waals surface area contributed by atoms with Crippen molar-refractivity contribution >= 4 is 21.8 Å². The van der Waals surface area contributed by atoms with Crippen molar-refractivity contribution in [3.63, 3.8) is 0 Å². The zero-order chi connectivity index (χ0) is 29.4. The highest BCUT2D eigenvalue weighted by molar-refractivity contribution is 7.89. The summed E-state index contributed by atoms with van der Waals surface area (Å²) in [5.74, 6) is -0.469. The van der Waals surface area contributed by atoms with Crippen LogP contribution in [0.1, 0.15) is 47.6 Å². The van der Waals surface area contributed by atoms with E-state index in [9.17, 15) is 18.0 Å². The fourth-order valence-electron chi connectivity index (χ4n) is 4.72. The maximum atomic E-state index is 13.9. The van der Waals surface area contributed by atoms with Gasteiger partial charge in [0.25, 0.3) is 0 Å². The second-order valence-electron chi connectivity index (χ2n) is 10.4. The van der Waals surface area contributed by atoms with Crippen molar-refractivity contribution < 1.29 is 18.0 Å². The van der Waals surface area contributed by atoms with Gasteiger partial charge in [0, 0.05) is 37.9 Å². The van der Waals surface area contributed by atoms with Gasteiger partial charge in [-0.3, -0.25) is 14.6 Å². The molecule has 2 N–H and O–H groups in total. The number of nitrogens with one attached hydrogen (secondary N) is 2. The van der Waals surface area contributed by atoms with E-state index in [-0.39, 0.29) is 42.3 Å². The Bertz CT molecular complexity index is 1580. The van der Waals surface area contributed by atoms with E-state index in [2.05, 4.69) is 15.0 Å². The van der Waals surface area contributed by atoms with Crippen LogP contribution in [0.25, 0.3) is 0 Å². The maximum Gasteiger partial charge on any atom is 0.247 e. The standard InChI is InChI=1S/C33H34N4O4S/c38-31(20-15-25-13-18-30(19-14-25)42(40,41)36-29-16-17-29)37(24-26-8-3-1-4-9-26)32(28-11-5-2-6-12-28)33(39)35-23-27-10-7-21-34-22-27/h1-14,18-19,21-22,29,32,36H,15-17,20,23-24H2,(H,35,39)/t32-/m1/s1. The third kappa shape index (κ3) is 7.90. The van der Waals surface area contributed by atoms with Gasteiger partial charge in [-0.05, 0) is 59.7 Å². The Balaban J connectivity index is 1.35. The molecule has 4 aromatic rings. The molecule has 0 radical (unpaired) electrons. The summed E-state index contributed by atoms with van der Waals surface area (Å²) in [7, 11) is -3.54. The number of hydrogen-bond donors (Lipinski definition) is 2. The first-order chi connectivity index (χ1) is 20.4. The molecule has 1 aliphatic rings. The number of nitrogens with zero attached hydrogens (tertiary/aromatic N) is 2. The van der Waals surface area contributed by atoms with Crippen LogP contribution in [0, 0.1) is 0 Å². The first-order valence-electron chi connectivity index (χ1n) is 14.1. The molecule has 3 aromatic carbocycles. The monoisotopic (exact) mass is 582 g/mol. The van der Waals surface area contributed by atoms with Gasteiger partial charge in [0.05, 0.1) is 4.90 Å². The van der Waals surface area contributed by atoms with E-state index in [0.717, 1.165) is 29.5 Å². The van der Waals surface area contributed by atoms with Crippen LogP contribution in [0.5, 0.6) is 0 Å². The van der Waals surface area contributed by atoms with Crippen molar-refractivity contribution in [1.82, 2.24) is 19.9 Å². The molecular weight excluding hydrogens is 548 g/mol. The van der Waals surface area contributed by atoms with Gasteiger partial charge < -0.3 is 10.2 Å². The molecule has 1 aliphatic carbocycles. The number of carbonyl (C=O) groups is 2. The number of aryl methyl sites for hydroxylation is 1. The summed E-state index contributed by atoms with van der Waals surface area (Å²) < 4.78 is 27.7. The summed E-state index contributed by atoms with van der Waals surface area (Å²) in [6.07, 6.45) is 5.66. The Hall–Kier alpha value is -4.34. The lowest BCUT2D eigenvalue weighted by molar-refractivity contribution is -0.141. The Morgan fingerprint density at radius 1 is 0.833 bits per heavy atom. The number of hydrogen-bond acceptors (Lipinski definition) is 5. The third-order valence-electron chi connectivity index (χ3n) is 7.14. The highest BCUT2D eigenvalue weighted by atomic mass is 32.2. The second kappa shape index (κ2) is 13.5. The molecule has 1 atom stereocenters. The lowest BCUT2D eigenvalue weighted by Crippen LogP contribution is -2.43. The maximum absolute atomic E-state index is 13.9. The minimum Gasteiger partial charge on any atom is -0.350 e. The smallest absolute Gasteiger partial charge is 0.247 e. The van der Waals surface area contributed by atoms with Crippen molar-refractivity contribution in [3.8, 4) is 0 Å². The molecule has 0 bridgehead atoms. The molecule has 9 heteroatoms. The summed E-state index contributed by atoms with van der Waals surface area (Å²) in [5, 5.41) is 2.99. The molecule has 1 saturated carbocycles. The van der Waals surface area contributed by atoms with Crippen LogP contribution < -0.4 is 10.0 Å². The molecule has 2 amide bonds. The number of sulfonamides is 1. The summed E-state index contributed by atoms with van der Waals surface area (Å²) in [4.78, 5) is 33.6. The fraction of sp³-hybridized carbons (Fsp3) is 0.242. The van der Waals surface area contributed by atoms with Gasteiger partial charge in [0.2, 0.25) is 21.8 Å². The van der Waals surface area contributed by atoms with E-state index in [1.165, 1.54) is 0 Å². The van der Waals surface area contributed by atoms with E-state index < -0.39 is 16.1 Å². The predicted molar refractivity (Wildman–Crippen MR) is 160 cm³/mol. The lowest BCUT2D eigenvalue weighted by atomic mass is 10.0. The molecule has 5 rings (SSSR count). The van der Waals surface area contributed by atoms with Crippen LogP contribution in [0.15, 0.2) is 114 Å². The molecule has 1 heterocycles. The molecular formula is C33H34N4O4S. The quantitative estimate of drug-likeness (QED) is 0.241. The zero-order valence-electron chi connectivity index (χ0n) is 23.2. The van der Waals surface area contributed by atoms with E-state index in [1.54, 1.807) is 41.6 Å². The van der Waals surface area contributed by atoms with Crippen LogP contribution in [-0.2, 0) is 39.1 Å². The van der Waals surface area contributed by atoms with Crippen LogP contribution in [0.3, 0.4) is 0 Å². The Kier molecular flexibility index (Phi) is 9.41. The largest absolute Gasteiger partial charge is 0.350 e. The van der Waals surface area contributed by atoms with E-state index in [1.807, 2.05) is 72.8 Å². The normalized spacial score (nSPS) is 13.7. The minimum atomic E-state index is -3.54. The Morgan fingerprint density at radius 3 is 2.14 bits per heavy atom. The number of aromatic nitrogens is 1. The SMILES string of the molecule is O=C(NCc1cccnc1)[C@@H](c1ccccc1)N(Cc1ccccc1)C(=O)CCc1ccc(S(=O)(=O)NC2CC2)cc1. The van der Waals surface area contributed by atoms with Crippen molar-refractivity contribution in [2.45, 2.75) is 55.8 Å². The van der Waals surface area contributed by atoms with Gasteiger partial charge in [-0.15, -0.1) is 0 Å². The van der Waals surface area contributed by atoms with Gasteiger partial charge in [-0.25, -0.2) is 13.1 Å². The molecule has 0 saturated heterocycles. The molecule has 0 unspecified atom stereocenters. The first-order valence-corrected chi connectivity index (χ1v) is 15.5. The van der Waals surface area contributed by atoms with Crippen molar-refractivity contribution in [1.29, 1.82) is 0 Å². The van der Waals surface area contributed by atoms with Gasteiger partial charge >= 0.3 is 0 Å². The number of amides is 2. The first kappa shape index (κ1) is 29.2. The summed E-state index contributed by atoms with van der Waals surface area (Å²) in [5.41, 5.74) is 3.31. The van der Waals surface area contributed by atoms with E-state index in [0.29, 0.717) is 12.0 Å². The number of carbonyl (C=O) groups excluding carboxylic acids is 2. The molecule has 216 valence electrons. The highest BCUT2D eigenvalue weighted by Crippen LogP contribution is 2.26. The van der Waals surface area contributed by atoms with Crippen molar-refractivity contribution in [2.24, 2.45) is 0 Å². The molecule has 1 aromatic heterocycles. The van der Waals surface area contributed by atoms with Crippen LogP contribution in [0.2, 0.25) is 0 Å². The molecule has 8 nitrogen and oxygen atoms in total. The van der Waals surface area contributed by atoms with Gasteiger partial charge in [-0.1, -0.05) is 78.9 Å². The van der Waals surface area contributed by atoms with E-state index >= 15 is 0 Å². The number of rotatable bonds is 13. The minimum absolute atomic E-state index is 0.0296. The summed E-state index contributed by atoms with van der Waals surface area (Å²) >= 11 is 0. The van der Waals surface area contributed by atoms with Gasteiger partial charge in [0.15, 0.2) is 0 Å². The lowest BCUT2D eigenvalue weighted by Gasteiger charge is -2.32. The van der Waals surface area contributed by atoms with Crippen LogP contribution >= 0.6 is 0 Å². The molecule has 1 fully saturated rings. The van der Waals surface area contributed by atoms with Crippen LogP contribution in [0.4, 0.5) is 0 Å². The molecule has 0 spiro atoms. The molecule has 42 heavy (non-hydrogen) atoms. The van der Waals surface area contributed by atoms with Gasteiger partial charge in [-0.2, -0.15) is 0 Å². The topological polar surface area (TPSA) is 108 Å². The Morgan fingerprint density at radius 2 is 1.50 bits per heavy atom. The average molecular weight is 583 g/mol. The summed E-state index contributed by atoms with van der Waals surface area (Å²) in [6.45, 7) is 0.539. The average Bonchev–Trinajstić information content (AvgIpc) is 3.83. The predicted octanol–water partition coefficient (Wildman–Crippen LogP) is 4.54. The third-order valence-corrected chi connectivity index (χ3v) is 8.68. The number of benzene rings is 3. The van der Waals surface area contributed by atoms with E-state index in [4.69, 9.17) is 0 Å².